The van der Waals surface area contributed by atoms with Crippen molar-refractivity contribution in [2.75, 3.05) is 0 Å². The lowest BCUT2D eigenvalue weighted by Crippen LogP contribution is -1.98. The standard InChI is InChI=1S/C28H28/c1-6-11-27-21(5)16-17-22(7-2)28(27)26(8-3)25-15-10-14-24(19-25)23-13-9-12-20(4)18-23/h6-19H,2H2,1,3-5H3. The molecule has 0 aliphatic rings. The monoisotopic (exact) mass is 364 g/mol. The van der Waals surface area contributed by atoms with E-state index in [9.17, 15) is 0 Å². The number of aryl methyl sites for hydroxylation is 2. The summed E-state index contributed by atoms with van der Waals surface area (Å²) in [5.74, 6) is 0. The number of hydrogen-bond acceptors (Lipinski definition) is 0. The highest BCUT2D eigenvalue weighted by Gasteiger charge is 2.14. The maximum Gasteiger partial charge on any atom is -0.00338 e. The summed E-state index contributed by atoms with van der Waals surface area (Å²) in [6, 6.07) is 21.8. The van der Waals surface area contributed by atoms with Crippen molar-refractivity contribution in [3.63, 3.8) is 0 Å². The van der Waals surface area contributed by atoms with E-state index in [1.807, 2.05) is 6.08 Å². The highest BCUT2D eigenvalue weighted by atomic mass is 14.2. The molecule has 0 unspecified atom stereocenters. The Hall–Kier alpha value is -3.12. The predicted octanol–water partition coefficient (Wildman–Crippen LogP) is 8.10. The summed E-state index contributed by atoms with van der Waals surface area (Å²) in [5, 5.41) is 0. The lowest BCUT2D eigenvalue weighted by Gasteiger charge is -2.18. The highest BCUT2D eigenvalue weighted by molar-refractivity contribution is 5.90. The van der Waals surface area contributed by atoms with Crippen LogP contribution < -0.4 is 0 Å². The number of allylic oxidation sites excluding steroid dienone is 2. The summed E-state index contributed by atoms with van der Waals surface area (Å²) >= 11 is 0. The fourth-order valence-electron chi connectivity index (χ4n) is 3.74. The molecular weight excluding hydrogens is 336 g/mol. The zero-order valence-electron chi connectivity index (χ0n) is 17.3. The average Bonchev–Trinajstić information content (AvgIpc) is 2.71. The number of benzene rings is 3. The lowest BCUT2D eigenvalue weighted by atomic mass is 9.86. The quantitative estimate of drug-likeness (QED) is 0.429. The van der Waals surface area contributed by atoms with Crippen LogP contribution in [0.1, 0.15) is 47.2 Å². The van der Waals surface area contributed by atoms with Gasteiger partial charge in [0.1, 0.15) is 0 Å². The zero-order chi connectivity index (χ0) is 20.1. The summed E-state index contributed by atoms with van der Waals surface area (Å²) in [6.07, 6.45) is 8.47. The predicted molar refractivity (Wildman–Crippen MR) is 125 cm³/mol. The van der Waals surface area contributed by atoms with Gasteiger partial charge in [-0.3, -0.25) is 0 Å². The van der Waals surface area contributed by atoms with Crippen molar-refractivity contribution in [3.8, 4) is 11.1 Å². The molecule has 0 heterocycles. The summed E-state index contributed by atoms with van der Waals surface area (Å²) in [4.78, 5) is 0. The minimum atomic E-state index is 1.16. The van der Waals surface area contributed by atoms with Crippen molar-refractivity contribution in [3.05, 3.63) is 113 Å². The molecule has 0 atom stereocenters. The minimum absolute atomic E-state index is 1.16. The van der Waals surface area contributed by atoms with E-state index < -0.39 is 0 Å². The van der Waals surface area contributed by atoms with Gasteiger partial charge in [0, 0.05) is 0 Å². The molecule has 0 spiro atoms. The second-order valence-corrected chi connectivity index (χ2v) is 7.12. The van der Waals surface area contributed by atoms with Crippen LogP contribution in [-0.2, 0) is 0 Å². The van der Waals surface area contributed by atoms with E-state index in [0.717, 1.165) is 5.56 Å². The molecule has 0 saturated carbocycles. The van der Waals surface area contributed by atoms with Gasteiger partial charge in [-0.15, -0.1) is 0 Å². The van der Waals surface area contributed by atoms with Crippen LogP contribution in [0.5, 0.6) is 0 Å². The smallest absolute Gasteiger partial charge is 0.00338 e. The fraction of sp³-hybridized carbons (Fsp3) is 0.143. The first-order chi connectivity index (χ1) is 13.6. The SMILES string of the molecule is C=Cc1ccc(C)c(C=CC)c1C(=CC)c1cccc(-c2cccc(C)c2)c1. The van der Waals surface area contributed by atoms with Gasteiger partial charge in [0.2, 0.25) is 0 Å². The topological polar surface area (TPSA) is 0 Å². The van der Waals surface area contributed by atoms with Gasteiger partial charge < -0.3 is 0 Å². The molecule has 0 N–H and O–H groups in total. The first-order valence-corrected chi connectivity index (χ1v) is 9.82. The minimum Gasteiger partial charge on any atom is -0.0984 e. The van der Waals surface area contributed by atoms with Crippen molar-refractivity contribution >= 4 is 17.7 Å². The van der Waals surface area contributed by atoms with Gasteiger partial charge in [-0.25, -0.2) is 0 Å². The van der Waals surface area contributed by atoms with E-state index >= 15 is 0 Å². The van der Waals surface area contributed by atoms with E-state index in [1.165, 1.54) is 44.5 Å². The van der Waals surface area contributed by atoms with E-state index in [4.69, 9.17) is 0 Å². The van der Waals surface area contributed by atoms with E-state index in [2.05, 4.69) is 113 Å². The molecule has 0 saturated heterocycles. The second-order valence-electron chi connectivity index (χ2n) is 7.12. The Morgan fingerprint density at radius 1 is 0.857 bits per heavy atom. The maximum absolute atomic E-state index is 4.06. The van der Waals surface area contributed by atoms with Gasteiger partial charge >= 0.3 is 0 Å². The van der Waals surface area contributed by atoms with Gasteiger partial charge in [0.15, 0.2) is 0 Å². The van der Waals surface area contributed by atoms with Crippen molar-refractivity contribution in [2.24, 2.45) is 0 Å². The molecule has 0 nitrogen and oxygen atoms in total. The van der Waals surface area contributed by atoms with E-state index in [1.54, 1.807) is 0 Å². The van der Waals surface area contributed by atoms with Crippen molar-refractivity contribution in [1.82, 2.24) is 0 Å². The molecule has 3 aromatic rings. The Morgan fingerprint density at radius 3 is 2.21 bits per heavy atom. The number of hydrogen-bond donors (Lipinski definition) is 0. The highest BCUT2D eigenvalue weighted by Crippen LogP contribution is 2.34. The van der Waals surface area contributed by atoms with Gasteiger partial charge in [-0.05, 0) is 78.3 Å². The fourth-order valence-corrected chi connectivity index (χ4v) is 3.74. The van der Waals surface area contributed by atoms with Gasteiger partial charge in [0.25, 0.3) is 0 Å². The molecule has 0 amide bonds. The molecule has 0 fully saturated rings. The normalized spacial score (nSPS) is 11.8. The van der Waals surface area contributed by atoms with Crippen LogP contribution in [0.4, 0.5) is 0 Å². The Bertz CT molecular complexity index is 1060. The molecule has 28 heavy (non-hydrogen) atoms. The summed E-state index contributed by atoms with van der Waals surface area (Å²) in [6.45, 7) is 12.5. The molecule has 3 rings (SSSR count). The average molecular weight is 365 g/mol. The second kappa shape index (κ2) is 8.71. The first-order valence-electron chi connectivity index (χ1n) is 9.82. The zero-order valence-corrected chi connectivity index (χ0v) is 17.3. The van der Waals surface area contributed by atoms with E-state index in [0.29, 0.717) is 0 Å². The van der Waals surface area contributed by atoms with Crippen LogP contribution in [0.15, 0.2) is 79.4 Å². The molecule has 3 aromatic carbocycles. The Kier molecular flexibility index (Phi) is 6.11. The first kappa shape index (κ1) is 19.6. The lowest BCUT2D eigenvalue weighted by molar-refractivity contribution is 1.39. The summed E-state index contributed by atoms with van der Waals surface area (Å²) < 4.78 is 0. The third kappa shape index (κ3) is 3.92. The maximum atomic E-state index is 4.06. The van der Waals surface area contributed by atoms with E-state index in [-0.39, 0.29) is 0 Å². The van der Waals surface area contributed by atoms with Crippen LogP contribution in [0.25, 0.3) is 28.9 Å². The Balaban J connectivity index is 2.20. The third-order valence-corrected chi connectivity index (χ3v) is 5.13. The molecule has 0 aromatic heterocycles. The molecule has 0 aliphatic carbocycles. The molecule has 0 radical (unpaired) electrons. The Labute approximate surface area is 169 Å². The summed E-state index contributed by atoms with van der Waals surface area (Å²) in [5.41, 5.74) is 11.2. The van der Waals surface area contributed by atoms with Gasteiger partial charge in [-0.1, -0.05) is 91.0 Å². The molecule has 0 aliphatic heterocycles. The van der Waals surface area contributed by atoms with Crippen LogP contribution in [0.2, 0.25) is 0 Å². The van der Waals surface area contributed by atoms with Crippen LogP contribution in [-0.4, -0.2) is 0 Å². The molecule has 0 heteroatoms. The number of rotatable bonds is 5. The van der Waals surface area contributed by atoms with Gasteiger partial charge in [0.05, 0.1) is 0 Å². The largest absolute Gasteiger partial charge is 0.0984 e. The van der Waals surface area contributed by atoms with Crippen LogP contribution in [0, 0.1) is 13.8 Å². The van der Waals surface area contributed by atoms with Crippen LogP contribution >= 0.6 is 0 Å². The summed E-state index contributed by atoms with van der Waals surface area (Å²) in [7, 11) is 0. The van der Waals surface area contributed by atoms with Crippen LogP contribution in [0.3, 0.4) is 0 Å². The molecular formula is C28H28. The Morgan fingerprint density at radius 2 is 1.57 bits per heavy atom. The van der Waals surface area contributed by atoms with Crippen molar-refractivity contribution in [2.45, 2.75) is 27.7 Å². The molecule has 140 valence electrons. The molecule has 0 bridgehead atoms. The third-order valence-electron chi connectivity index (χ3n) is 5.13. The van der Waals surface area contributed by atoms with Gasteiger partial charge in [-0.2, -0.15) is 0 Å². The van der Waals surface area contributed by atoms with Crippen molar-refractivity contribution < 1.29 is 0 Å². The van der Waals surface area contributed by atoms with Crippen molar-refractivity contribution in [1.29, 1.82) is 0 Å².